The van der Waals surface area contributed by atoms with Gasteiger partial charge in [0.1, 0.15) is 12.4 Å². The number of aromatic nitrogens is 1. The Morgan fingerprint density at radius 1 is 1.26 bits per heavy atom. The van der Waals surface area contributed by atoms with Gasteiger partial charge in [0.15, 0.2) is 17.3 Å². The van der Waals surface area contributed by atoms with Crippen molar-refractivity contribution in [2.75, 3.05) is 0 Å². The molecule has 4 nitrogen and oxygen atoms in total. The van der Waals surface area contributed by atoms with Crippen molar-refractivity contribution in [3.63, 3.8) is 0 Å². The Balaban J connectivity index is 2.14. The second kappa shape index (κ2) is 5.43. The second-order valence-electron chi connectivity index (χ2n) is 3.68. The van der Waals surface area contributed by atoms with Gasteiger partial charge >= 0.3 is 5.97 Å². The van der Waals surface area contributed by atoms with Gasteiger partial charge in [0.25, 0.3) is 0 Å². The van der Waals surface area contributed by atoms with E-state index in [-0.39, 0.29) is 18.1 Å². The fraction of sp³-hybridized carbons (Fsp3) is 0.0769. The van der Waals surface area contributed by atoms with Gasteiger partial charge in [-0.05, 0) is 18.2 Å². The van der Waals surface area contributed by atoms with Crippen LogP contribution >= 0.6 is 0 Å². The van der Waals surface area contributed by atoms with Crippen LogP contribution in [0, 0.1) is 11.6 Å². The molecule has 0 fully saturated rings. The standard InChI is InChI=1S/C13H9F2NO3/c14-10-4-3-9(6-11(10)15)19-7-8-2-1-5-16-12(8)13(17)18/h1-6H,7H2,(H,17,18). The van der Waals surface area contributed by atoms with E-state index >= 15 is 0 Å². The third-order valence-corrected chi connectivity index (χ3v) is 2.38. The third kappa shape index (κ3) is 3.04. The molecule has 1 aromatic heterocycles. The van der Waals surface area contributed by atoms with Crippen molar-refractivity contribution in [1.82, 2.24) is 4.98 Å². The Bertz CT molecular complexity index is 617. The highest BCUT2D eigenvalue weighted by atomic mass is 19.2. The molecule has 1 heterocycles. The Morgan fingerprint density at radius 2 is 2.05 bits per heavy atom. The summed E-state index contributed by atoms with van der Waals surface area (Å²) in [6, 6.07) is 6.19. The summed E-state index contributed by atoms with van der Waals surface area (Å²) in [5, 5.41) is 8.92. The molecule has 0 aliphatic heterocycles. The van der Waals surface area contributed by atoms with Gasteiger partial charge in [0, 0.05) is 17.8 Å². The lowest BCUT2D eigenvalue weighted by molar-refractivity contribution is 0.0687. The van der Waals surface area contributed by atoms with E-state index < -0.39 is 17.6 Å². The maximum absolute atomic E-state index is 13.0. The molecule has 19 heavy (non-hydrogen) atoms. The Morgan fingerprint density at radius 3 is 2.74 bits per heavy atom. The highest BCUT2D eigenvalue weighted by Crippen LogP contribution is 2.17. The smallest absolute Gasteiger partial charge is 0.354 e. The number of carbonyl (C=O) groups is 1. The van der Waals surface area contributed by atoms with Crippen molar-refractivity contribution in [3.05, 3.63) is 59.4 Å². The zero-order valence-corrected chi connectivity index (χ0v) is 9.64. The van der Waals surface area contributed by atoms with Crippen molar-refractivity contribution >= 4 is 5.97 Å². The summed E-state index contributed by atoms with van der Waals surface area (Å²) in [4.78, 5) is 14.6. The lowest BCUT2D eigenvalue weighted by Crippen LogP contribution is -2.08. The average molecular weight is 265 g/mol. The topological polar surface area (TPSA) is 59.4 Å². The Kier molecular flexibility index (Phi) is 3.70. The maximum atomic E-state index is 13.0. The van der Waals surface area contributed by atoms with E-state index in [9.17, 15) is 13.6 Å². The van der Waals surface area contributed by atoms with Crippen LogP contribution in [0.5, 0.6) is 5.75 Å². The molecule has 0 spiro atoms. The largest absolute Gasteiger partial charge is 0.489 e. The van der Waals surface area contributed by atoms with Crippen LogP contribution in [0.1, 0.15) is 16.1 Å². The highest BCUT2D eigenvalue weighted by molar-refractivity contribution is 5.86. The molecule has 0 saturated heterocycles. The van der Waals surface area contributed by atoms with Gasteiger partial charge < -0.3 is 9.84 Å². The molecule has 98 valence electrons. The first-order chi connectivity index (χ1) is 9.08. The molecule has 0 saturated carbocycles. The number of nitrogens with zero attached hydrogens (tertiary/aromatic N) is 1. The number of hydrogen-bond donors (Lipinski definition) is 1. The molecular formula is C13H9F2NO3. The summed E-state index contributed by atoms with van der Waals surface area (Å²) in [6.07, 6.45) is 1.35. The fourth-order valence-corrected chi connectivity index (χ4v) is 1.48. The minimum absolute atomic E-state index is 0.0967. The molecule has 2 rings (SSSR count). The van der Waals surface area contributed by atoms with E-state index in [1.54, 1.807) is 6.07 Å². The number of aromatic carboxylic acids is 1. The first-order valence-corrected chi connectivity index (χ1v) is 5.33. The van der Waals surface area contributed by atoms with E-state index in [0.717, 1.165) is 12.1 Å². The van der Waals surface area contributed by atoms with Crippen molar-refractivity contribution < 1.29 is 23.4 Å². The van der Waals surface area contributed by atoms with Crippen molar-refractivity contribution in [2.45, 2.75) is 6.61 Å². The molecule has 0 aliphatic rings. The molecule has 2 aromatic rings. The Labute approximate surface area is 107 Å². The molecule has 0 bridgehead atoms. The summed E-state index contributed by atoms with van der Waals surface area (Å²) in [5.74, 6) is -3.06. The minimum atomic E-state index is -1.18. The molecule has 1 aromatic carbocycles. The van der Waals surface area contributed by atoms with Crippen LogP contribution in [0.25, 0.3) is 0 Å². The van der Waals surface area contributed by atoms with E-state index in [1.165, 1.54) is 18.3 Å². The molecule has 1 N–H and O–H groups in total. The average Bonchev–Trinajstić information content (AvgIpc) is 2.40. The Hall–Kier alpha value is -2.50. The summed E-state index contributed by atoms with van der Waals surface area (Å²) in [5.41, 5.74) is 0.213. The van der Waals surface area contributed by atoms with Gasteiger partial charge in [0.05, 0.1) is 0 Å². The van der Waals surface area contributed by atoms with Gasteiger partial charge in [-0.15, -0.1) is 0 Å². The molecular weight excluding hydrogens is 256 g/mol. The summed E-state index contributed by atoms with van der Waals surface area (Å²) >= 11 is 0. The van der Waals surface area contributed by atoms with Crippen molar-refractivity contribution in [2.24, 2.45) is 0 Å². The molecule has 0 aliphatic carbocycles. The summed E-state index contributed by atoms with van der Waals surface area (Å²) < 4.78 is 30.9. The number of pyridine rings is 1. The molecule has 0 atom stereocenters. The van der Waals surface area contributed by atoms with Gasteiger partial charge in [-0.2, -0.15) is 0 Å². The lowest BCUT2D eigenvalue weighted by atomic mass is 10.2. The first kappa shape index (κ1) is 12.9. The van der Waals surface area contributed by atoms with Crippen LogP contribution < -0.4 is 4.74 Å². The number of hydrogen-bond acceptors (Lipinski definition) is 3. The zero-order chi connectivity index (χ0) is 13.8. The molecule has 0 radical (unpaired) electrons. The monoisotopic (exact) mass is 265 g/mol. The number of halogens is 2. The molecule has 6 heteroatoms. The summed E-state index contributed by atoms with van der Waals surface area (Å²) in [6.45, 7) is -0.0967. The number of carboxylic acid groups (broad SMARTS) is 1. The predicted molar refractivity (Wildman–Crippen MR) is 61.9 cm³/mol. The van der Waals surface area contributed by atoms with E-state index in [0.29, 0.717) is 5.56 Å². The van der Waals surface area contributed by atoms with Crippen LogP contribution in [0.3, 0.4) is 0 Å². The van der Waals surface area contributed by atoms with Crippen LogP contribution in [-0.4, -0.2) is 16.1 Å². The summed E-state index contributed by atoms with van der Waals surface area (Å²) in [7, 11) is 0. The zero-order valence-electron chi connectivity index (χ0n) is 9.64. The maximum Gasteiger partial charge on any atom is 0.354 e. The van der Waals surface area contributed by atoms with Crippen LogP contribution in [0.15, 0.2) is 36.5 Å². The van der Waals surface area contributed by atoms with Crippen molar-refractivity contribution in [3.8, 4) is 5.75 Å². The second-order valence-corrected chi connectivity index (χ2v) is 3.68. The molecule has 0 unspecified atom stereocenters. The third-order valence-electron chi connectivity index (χ3n) is 2.38. The van der Waals surface area contributed by atoms with Crippen molar-refractivity contribution in [1.29, 1.82) is 0 Å². The fourth-order valence-electron chi connectivity index (χ4n) is 1.48. The molecule has 0 amide bonds. The first-order valence-electron chi connectivity index (χ1n) is 5.33. The predicted octanol–water partition coefficient (Wildman–Crippen LogP) is 2.64. The quantitative estimate of drug-likeness (QED) is 0.923. The number of benzene rings is 1. The van der Waals surface area contributed by atoms with Gasteiger partial charge in [0.2, 0.25) is 0 Å². The van der Waals surface area contributed by atoms with E-state index in [4.69, 9.17) is 9.84 Å². The van der Waals surface area contributed by atoms with E-state index in [2.05, 4.69) is 4.98 Å². The number of carboxylic acids is 1. The van der Waals surface area contributed by atoms with E-state index in [1.807, 2.05) is 0 Å². The lowest BCUT2D eigenvalue weighted by Gasteiger charge is -2.08. The number of rotatable bonds is 4. The van der Waals surface area contributed by atoms with Gasteiger partial charge in [-0.3, -0.25) is 0 Å². The van der Waals surface area contributed by atoms with Crippen LogP contribution in [0.4, 0.5) is 8.78 Å². The minimum Gasteiger partial charge on any atom is -0.489 e. The number of ether oxygens (including phenoxy) is 1. The van der Waals surface area contributed by atoms with Crippen LogP contribution in [0.2, 0.25) is 0 Å². The van der Waals surface area contributed by atoms with Gasteiger partial charge in [-0.25, -0.2) is 18.6 Å². The normalized spacial score (nSPS) is 10.2. The van der Waals surface area contributed by atoms with Crippen LogP contribution in [-0.2, 0) is 6.61 Å². The van der Waals surface area contributed by atoms with Gasteiger partial charge in [-0.1, -0.05) is 6.07 Å². The highest BCUT2D eigenvalue weighted by Gasteiger charge is 2.11. The SMILES string of the molecule is O=C(O)c1ncccc1COc1ccc(F)c(F)c1.